The van der Waals surface area contributed by atoms with Crippen LogP contribution in [-0.2, 0) is 4.79 Å². The summed E-state index contributed by atoms with van der Waals surface area (Å²) >= 11 is 0. The standard InChI is InChI=1S/C15H23N3O3/c1-10(2)8-16-15(20)17-9-14(19)18-12-7-11(3)5-6-13(12)21-4/h5-7,10H,8-9H2,1-4H3,(H,18,19)(H2,16,17,20). The molecule has 3 N–H and O–H groups in total. The first-order valence-corrected chi connectivity index (χ1v) is 6.88. The summed E-state index contributed by atoms with van der Waals surface area (Å²) in [5.41, 5.74) is 1.60. The molecule has 0 aliphatic rings. The fourth-order valence-corrected chi connectivity index (χ4v) is 1.63. The Kier molecular flexibility index (Phi) is 6.52. The Hall–Kier alpha value is -2.24. The van der Waals surface area contributed by atoms with E-state index in [1.165, 1.54) is 7.11 Å². The Labute approximate surface area is 125 Å². The third-order valence-electron chi connectivity index (χ3n) is 2.71. The summed E-state index contributed by atoms with van der Waals surface area (Å²) in [6.45, 7) is 6.39. The van der Waals surface area contributed by atoms with E-state index in [0.29, 0.717) is 23.9 Å². The van der Waals surface area contributed by atoms with E-state index in [2.05, 4.69) is 16.0 Å². The minimum atomic E-state index is -0.352. The van der Waals surface area contributed by atoms with Gasteiger partial charge in [-0.2, -0.15) is 0 Å². The molecule has 0 aliphatic heterocycles. The Bertz CT molecular complexity index is 501. The van der Waals surface area contributed by atoms with Crippen LogP contribution < -0.4 is 20.7 Å². The molecule has 3 amide bonds. The van der Waals surface area contributed by atoms with E-state index in [1.54, 1.807) is 6.07 Å². The van der Waals surface area contributed by atoms with Crippen LogP contribution >= 0.6 is 0 Å². The van der Waals surface area contributed by atoms with E-state index in [9.17, 15) is 9.59 Å². The molecule has 0 saturated heterocycles. The topological polar surface area (TPSA) is 79.5 Å². The maximum Gasteiger partial charge on any atom is 0.315 e. The highest BCUT2D eigenvalue weighted by Crippen LogP contribution is 2.24. The predicted octanol–water partition coefficient (Wildman–Crippen LogP) is 1.90. The van der Waals surface area contributed by atoms with Gasteiger partial charge in [0.1, 0.15) is 5.75 Å². The highest BCUT2D eigenvalue weighted by Gasteiger charge is 2.09. The van der Waals surface area contributed by atoms with Crippen LogP contribution in [0, 0.1) is 12.8 Å². The number of carbonyl (C=O) groups excluding carboxylic acids is 2. The van der Waals surface area contributed by atoms with Crippen LogP contribution in [0.15, 0.2) is 18.2 Å². The summed E-state index contributed by atoms with van der Waals surface area (Å²) in [5, 5.41) is 7.90. The average molecular weight is 293 g/mol. The van der Waals surface area contributed by atoms with Crippen LogP contribution in [0.1, 0.15) is 19.4 Å². The first kappa shape index (κ1) is 16.8. The Morgan fingerprint density at radius 2 is 1.95 bits per heavy atom. The van der Waals surface area contributed by atoms with Crippen molar-refractivity contribution in [1.29, 1.82) is 0 Å². The Morgan fingerprint density at radius 3 is 2.57 bits per heavy atom. The van der Waals surface area contributed by atoms with Crippen molar-refractivity contribution in [3.8, 4) is 5.75 Å². The number of methoxy groups -OCH3 is 1. The third-order valence-corrected chi connectivity index (χ3v) is 2.71. The molecule has 1 aromatic carbocycles. The van der Waals surface area contributed by atoms with Gasteiger partial charge in [-0.3, -0.25) is 4.79 Å². The van der Waals surface area contributed by atoms with Crippen molar-refractivity contribution in [2.75, 3.05) is 25.5 Å². The summed E-state index contributed by atoms with van der Waals surface area (Å²) in [4.78, 5) is 23.3. The Balaban J connectivity index is 2.47. The van der Waals surface area contributed by atoms with E-state index in [1.807, 2.05) is 32.9 Å². The van der Waals surface area contributed by atoms with Crippen molar-refractivity contribution in [2.24, 2.45) is 5.92 Å². The number of anilines is 1. The van der Waals surface area contributed by atoms with Crippen molar-refractivity contribution in [1.82, 2.24) is 10.6 Å². The molecule has 21 heavy (non-hydrogen) atoms. The number of hydrogen-bond donors (Lipinski definition) is 3. The van der Waals surface area contributed by atoms with Crippen molar-refractivity contribution in [3.63, 3.8) is 0 Å². The van der Waals surface area contributed by atoms with Gasteiger partial charge in [0.15, 0.2) is 0 Å². The second kappa shape index (κ2) is 8.14. The van der Waals surface area contributed by atoms with Crippen molar-refractivity contribution >= 4 is 17.6 Å². The van der Waals surface area contributed by atoms with Gasteiger partial charge in [-0.15, -0.1) is 0 Å². The van der Waals surface area contributed by atoms with Gasteiger partial charge in [0.2, 0.25) is 5.91 Å². The van der Waals surface area contributed by atoms with Crippen LogP contribution in [0.2, 0.25) is 0 Å². The monoisotopic (exact) mass is 293 g/mol. The molecule has 0 aliphatic carbocycles. The molecule has 0 bridgehead atoms. The number of urea groups is 1. The lowest BCUT2D eigenvalue weighted by Crippen LogP contribution is -2.41. The molecule has 1 rings (SSSR count). The van der Waals surface area contributed by atoms with Gasteiger partial charge < -0.3 is 20.7 Å². The predicted molar refractivity (Wildman–Crippen MR) is 82.6 cm³/mol. The minimum absolute atomic E-state index is 0.0962. The van der Waals surface area contributed by atoms with Gasteiger partial charge in [0.25, 0.3) is 0 Å². The molecule has 0 radical (unpaired) electrons. The zero-order valence-corrected chi connectivity index (χ0v) is 12.9. The van der Waals surface area contributed by atoms with Gasteiger partial charge in [0.05, 0.1) is 19.3 Å². The quantitative estimate of drug-likeness (QED) is 0.749. The van der Waals surface area contributed by atoms with Gasteiger partial charge in [0, 0.05) is 6.54 Å². The number of rotatable bonds is 6. The zero-order valence-electron chi connectivity index (χ0n) is 12.9. The van der Waals surface area contributed by atoms with E-state index in [4.69, 9.17) is 4.74 Å². The van der Waals surface area contributed by atoms with E-state index in [0.717, 1.165) is 5.56 Å². The molecule has 0 fully saturated rings. The lowest BCUT2D eigenvalue weighted by Gasteiger charge is -2.12. The van der Waals surface area contributed by atoms with E-state index >= 15 is 0 Å². The average Bonchev–Trinajstić information content (AvgIpc) is 2.43. The molecule has 0 heterocycles. The van der Waals surface area contributed by atoms with Gasteiger partial charge >= 0.3 is 6.03 Å². The molecule has 0 aromatic heterocycles. The maximum atomic E-state index is 11.8. The lowest BCUT2D eigenvalue weighted by atomic mass is 10.2. The van der Waals surface area contributed by atoms with Gasteiger partial charge in [-0.25, -0.2) is 4.79 Å². The van der Waals surface area contributed by atoms with Crippen LogP contribution in [0.3, 0.4) is 0 Å². The first-order chi connectivity index (χ1) is 9.92. The molecule has 116 valence electrons. The number of nitrogens with one attached hydrogen (secondary N) is 3. The molecular formula is C15H23N3O3. The molecule has 0 atom stereocenters. The summed E-state index contributed by atoms with van der Waals surface area (Å²) < 4.78 is 5.18. The van der Waals surface area contributed by atoms with E-state index < -0.39 is 0 Å². The fourth-order valence-electron chi connectivity index (χ4n) is 1.63. The van der Waals surface area contributed by atoms with Crippen molar-refractivity contribution in [3.05, 3.63) is 23.8 Å². The van der Waals surface area contributed by atoms with Crippen LogP contribution in [0.25, 0.3) is 0 Å². The number of hydrogen-bond acceptors (Lipinski definition) is 3. The van der Waals surface area contributed by atoms with Crippen LogP contribution in [-0.4, -0.2) is 32.1 Å². The fraction of sp³-hybridized carbons (Fsp3) is 0.467. The number of carbonyl (C=O) groups is 2. The van der Waals surface area contributed by atoms with Gasteiger partial charge in [-0.1, -0.05) is 19.9 Å². The molecule has 0 spiro atoms. The second-order valence-corrected chi connectivity index (χ2v) is 5.21. The van der Waals surface area contributed by atoms with Gasteiger partial charge in [-0.05, 0) is 30.5 Å². The normalized spacial score (nSPS) is 10.1. The Morgan fingerprint density at radius 1 is 1.24 bits per heavy atom. The SMILES string of the molecule is COc1ccc(C)cc1NC(=O)CNC(=O)NCC(C)C. The number of amides is 3. The summed E-state index contributed by atoms with van der Waals surface area (Å²) in [5.74, 6) is 0.637. The summed E-state index contributed by atoms with van der Waals surface area (Å²) in [7, 11) is 1.54. The van der Waals surface area contributed by atoms with Crippen molar-refractivity contribution in [2.45, 2.75) is 20.8 Å². The van der Waals surface area contributed by atoms with Crippen molar-refractivity contribution < 1.29 is 14.3 Å². The largest absolute Gasteiger partial charge is 0.495 e. The number of benzene rings is 1. The smallest absolute Gasteiger partial charge is 0.315 e. The molecular weight excluding hydrogens is 270 g/mol. The van der Waals surface area contributed by atoms with E-state index in [-0.39, 0.29) is 18.5 Å². The summed E-state index contributed by atoms with van der Waals surface area (Å²) in [6.07, 6.45) is 0. The molecule has 6 heteroatoms. The highest BCUT2D eigenvalue weighted by atomic mass is 16.5. The molecule has 6 nitrogen and oxygen atoms in total. The molecule has 0 saturated carbocycles. The first-order valence-electron chi connectivity index (χ1n) is 6.88. The maximum absolute atomic E-state index is 11.8. The third kappa shape index (κ3) is 6.16. The zero-order chi connectivity index (χ0) is 15.8. The highest BCUT2D eigenvalue weighted by molar-refractivity contribution is 5.95. The van der Waals surface area contributed by atoms with Crippen LogP contribution in [0.4, 0.5) is 10.5 Å². The number of aryl methyl sites for hydroxylation is 1. The lowest BCUT2D eigenvalue weighted by molar-refractivity contribution is -0.115. The van der Waals surface area contributed by atoms with Crippen LogP contribution in [0.5, 0.6) is 5.75 Å². The second-order valence-electron chi connectivity index (χ2n) is 5.21. The minimum Gasteiger partial charge on any atom is -0.495 e. The summed E-state index contributed by atoms with van der Waals surface area (Å²) in [6, 6.07) is 5.14. The number of ether oxygens (including phenoxy) is 1. The molecule has 0 unspecified atom stereocenters. The molecule has 1 aromatic rings.